The van der Waals surface area contributed by atoms with Gasteiger partial charge in [-0.05, 0) is 36.8 Å². The molecule has 0 saturated carbocycles. The molecular formula is C26H21F7N4O4S. The van der Waals surface area contributed by atoms with Gasteiger partial charge in [-0.25, -0.2) is 4.39 Å². The van der Waals surface area contributed by atoms with Crippen molar-refractivity contribution in [1.29, 1.82) is 0 Å². The zero-order chi connectivity index (χ0) is 30.8. The smallest absolute Gasteiger partial charge is 0.419 e. The molecule has 4 aromatic rings. The van der Waals surface area contributed by atoms with Crippen LogP contribution in [0.5, 0.6) is 5.75 Å². The minimum Gasteiger partial charge on any atom is -0.493 e. The number of anilines is 2. The van der Waals surface area contributed by atoms with Crippen molar-refractivity contribution in [3.63, 3.8) is 0 Å². The first kappa shape index (κ1) is 30.8. The van der Waals surface area contributed by atoms with Crippen LogP contribution in [0.4, 0.5) is 42.1 Å². The van der Waals surface area contributed by atoms with Crippen molar-refractivity contribution < 1.29 is 50.2 Å². The summed E-state index contributed by atoms with van der Waals surface area (Å²) in [5, 5.41) is 18.0. The molecule has 0 fully saturated rings. The summed E-state index contributed by atoms with van der Waals surface area (Å²) in [4.78, 5) is 25.9. The zero-order valence-corrected chi connectivity index (χ0v) is 22.3. The highest BCUT2D eigenvalue weighted by Gasteiger charge is 2.35. The molecule has 3 N–H and O–H groups in total. The molecule has 16 heteroatoms. The summed E-state index contributed by atoms with van der Waals surface area (Å²) < 4.78 is 99.8. The minimum absolute atomic E-state index is 0.0359. The Labute approximate surface area is 236 Å². The first-order valence-corrected chi connectivity index (χ1v) is 12.9. The van der Waals surface area contributed by atoms with Gasteiger partial charge in [-0.2, -0.15) is 31.4 Å². The lowest BCUT2D eigenvalue weighted by Crippen LogP contribution is -2.19. The van der Waals surface area contributed by atoms with E-state index >= 15 is 0 Å². The maximum atomic E-state index is 13.7. The van der Waals surface area contributed by atoms with Crippen LogP contribution in [0, 0.1) is 5.82 Å². The van der Waals surface area contributed by atoms with Crippen LogP contribution in [-0.4, -0.2) is 40.4 Å². The maximum absolute atomic E-state index is 13.7. The minimum atomic E-state index is -5.05. The second-order valence-electron chi connectivity index (χ2n) is 8.87. The number of thiophene rings is 1. The molecule has 42 heavy (non-hydrogen) atoms. The van der Waals surface area contributed by atoms with Crippen molar-refractivity contribution in [1.82, 2.24) is 9.78 Å². The fourth-order valence-electron chi connectivity index (χ4n) is 3.98. The molecule has 0 radical (unpaired) electrons. The Morgan fingerprint density at radius 1 is 1.05 bits per heavy atom. The number of carbonyl (C=O) groups excluding carboxylic acids is 2. The molecular weight excluding hydrogens is 597 g/mol. The molecule has 0 bridgehead atoms. The van der Waals surface area contributed by atoms with Crippen LogP contribution in [0.15, 0.2) is 42.6 Å². The van der Waals surface area contributed by atoms with E-state index < -0.39 is 46.8 Å². The summed E-state index contributed by atoms with van der Waals surface area (Å²) in [5.74, 6) is -3.09. The van der Waals surface area contributed by atoms with Crippen molar-refractivity contribution in [2.24, 2.45) is 0 Å². The Balaban J connectivity index is 1.69. The quantitative estimate of drug-likeness (QED) is 0.197. The van der Waals surface area contributed by atoms with Crippen LogP contribution >= 0.6 is 11.3 Å². The number of alkyl halides is 6. The number of hydrogen-bond donors (Lipinski definition) is 3. The van der Waals surface area contributed by atoms with E-state index in [0.717, 1.165) is 24.3 Å². The number of nitrogens with one attached hydrogen (secondary N) is 2. The van der Waals surface area contributed by atoms with Crippen molar-refractivity contribution in [2.45, 2.75) is 31.7 Å². The number of fused-ring (bicyclic) bond motifs is 1. The van der Waals surface area contributed by atoms with Crippen molar-refractivity contribution in [3.05, 3.63) is 70.1 Å². The Morgan fingerprint density at radius 3 is 2.43 bits per heavy atom. The van der Waals surface area contributed by atoms with Gasteiger partial charge in [-0.1, -0.05) is 6.07 Å². The molecule has 4 rings (SSSR count). The molecule has 2 amide bonds. The van der Waals surface area contributed by atoms with Gasteiger partial charge in [-0.3, -0.25) is 14.3 Å². The number of aliphatic hydroxyl groups excluding tert-OH is 1. The monoisotopic (exact) mass is 618 g/mol. The summed E-state index contributed by atoms with van der Waals surface area (Å²) in [6, 6.07) is 4.36. The maximum Gasteiger partial charge on any atom is 0.419 e. The van der Waals surface area contributed by atoms with E-state index in [4.69, 9.17) is 9.84 Å². The van der Waals surface area contributed by atoms with E-state index in [9.17, 15) is 40.3 Å². The average Bonchev–Trinajstić information content (AvgIpc) is 3.47. The zero-order valence-electron chi connectivity index (χ0n) is 21.5. The third kappa shape index (κ3) is 6.82. The second-order valence-corrected chi connectivity index (χ2v) is 9.92. The van der Waals surface area contributed by atoms with Gasteiger partial charge in [0.2, 0.25) is 5.91 Å². The standard InChI is InChI=1S/C26H21F7N4O4S/c1-41-19-12-37(7-2-8-38)36-18(19)11-21(39)35-22-15-5-3-13(25(28,29)30)9-20(15)42-23(22)24(40)34-14-4-6-17(27)16(10-14)26(31,32)33/h3-6,9-10,12,38H,2,7-8,11H2,1H3,(H,34,40)(H,35,39). The molecule has 2 aromatic carbocycles. The highest BCUT2D eigenvalue weighted by atomic mass is 32.1. The summed E-state index contributed by atoms with van der Waals surface area (Å²) >= 11 is 0.572. The summed E-state index contributed by atoms with van der Waals surface area (Å²) in [5.41, 5.74) is -3.07. The Kier molecular flexibility index (Phi) is 8.77. The molecule has 224 valence electrons. The predicted molar refractivity (Wildman–Crippen MR) is 139 cm³/mol. The molecule has 0 saturated heterocycles. The molecule has 0 aliphatic rings. The van der Waals surface area contributed by atoms with E-state index in [1.54, 1.807) is 0 Å². The molecule has 0 aliphatic carbocycles. The van der Waals surface area contributed by atoms with Gasteiger partial charge in [0.25, 0.3) is 5.91 Å². The van der Waals surface area contributed by atoms with Crippen molar-refractivity contribution in [3.8, 4) is 5.75 Å². The highest BCUT2D eigenvalue weighted by molar-refractivity contribution is 7.21. The van der Waals surface area contributed by atoms with Crippen LogP contribution in [0.25, 0.3) is 10.1 Å². The molecule has 0 atom stereocenters. The number of halogens is 7. The van der Waals surface area contributed by atoms with Gasteiger partial charge < -0.3 is 20.5 Å². The Hall–Kier alpha value is -4.18. The number of ether oxygens (including phenoxy) is 1. The lowest BCUT2D eigenvalue weighted by Gasteiger charge is -2.12. The van der Waals surface area contributed by atoms with E-state index in [0.29, 0.717) is 36.4 Å². The summed E-state index contributed by atoms with van der Waals surface area (Å²) in [7, 11) is 1.35. The van der Waals surface area contributed by atoms with Crippen LogP contribution in [-0.2, 0) is 30.1 Å². The average molecular weight is 619 g/mol. The van der Waals surface area contributed by atoms with E-state index in [1.165, 1.54) is 18.0 Å². The van der Waals surface area contributed by atoms with Gasteiger partial charge in [0.05, 0.1) is 36.5 Å². The molecule has 8 nitrogen and oxygen atoms in total. The number of nitrogens with zero attached hydrogens (tertiary/aromatic N) is 2. The van der Waals surface area contributed by atoms with Crippen LogP contribution in [0.3, 0.4) is 0 Å². The third-order valence-electron chi connectivity index (χ3n) is 5.91. The summed E-state index contributed by atoms with van der Waals surface area (Å²) in [6.45, 7) is 0.231. The number of benzene rings is 2. The van der Waals surface area contributed by atoms with E-state index in [-0.39, 0.29) is 45.1 Å². The topological polar surface area (TPSA) is 105 Å². The predicted octanol–water partition coefficient (Wildman–Crippen LogP) is 6.10. The van der Waals surface area contributed by atoms with E-state index in [2.05, 4.69) is 15.7 Å². The number of carbonyl (C=O) groups is 2. The van der Waals surface area contributed by atoms with Gasteiger partial charge in [0.15, 0.2) is 5.75 Å². The first-order chi connectivity index (χ1) is 19.7. The number of aliphatic hydroxyl groups is 1. The largest absolute Gasteiger partial charge is 0.493 e. The normalized spacial score (nSPS) is 12.0. The summed E-state index contributed by atoms with van der Waals surface area (Å²) in [6.07, 6.45) is -8.25. The van der Waals surface area contributed by atoms with E-state index in [1.807, 2.05) is 0 Å². The van der Waals surface area contributed by atoms with Crippen LogP contribution < -0.4 is 15.4 Å². The first-order valence-electron chi connectivity index (χ1n) is 12.0. The number of amides is 2. The number of rotatable bonds is 9. The van der Waals surface area contributed by atoms with Gasteiger partial charge in [0.1, 0.15) is 16.4 Å². The number of hydrogen-bond acceptors (Lipinski definition) is 6. The number of aromatic nitrogens is 2. The third-order valence-corrected chi connectivity index (χ3v) is 7.06. The number of aryl methyl sites for hydroxylation is 1. The fraction of sp³-hybridized carbons (Fsp3) is 0.269. The Bertz CT molecular complexity index is 1630. The fourth-order valence-corrected chi connectivity index (χ4v) is 5.08. The Morgan fingerprint density at radius 2 is 1.79 bits per heavy atom. The van der Waals surface area contributed by atoms with Crippen LogP contribution in [0.2, 0.25) is 0 Å². The van der Waals surface area contributed by atoms with Crippen molar-refractivity contribution >= 4 is 44.6 Å². The SMILES string of the molecule is COc1cn(CCCO)nc1CC(=O)Nc1c(C(=O)Nc2ccc(F)c(C(F)(F)F)c2)sc2cc(C(F)(F)F)ccc12. The lowest BCUT2D eigenvalue weighted by molar-refractivity contribution is -0.140. The molecule has 2 aromatic heterocycles. The van der Waals surface area contributed by atoms with Gasteiger partial charge >= 0.3 is 12.4 Å². The second kappa shape index (κ2) is 12.0. The van der Waals surface area contributed by atoms with Gasteiger partial charge in [-0.15, -0.1) is 11.3 Å². The number of methoxy groups -OCH3 is 1. The molecule has 0 spiro atoms. The molecule has 0 unspecified atom stereocenters. The molecule has 0 aliphatic heterocycles. The van der Waals surface area contributed by atoms with Gasteiger partial charge in [0, 0.05) is 28.9 Å². The van der Waals surface area contributed by atoms with Crippen LogP contribution in [0.1, 0.15) is 32.9 Å². The highest BCUT2D eigenvalue weighted by Crippen LogP contribution is 2.40. The van der Waals surface area contributed by atoms with Crippen molar-refractivity contribution in [2.75, 3.05) is 24.4 Å². The lowest BCUT2D eigenvalue weighted by atomic mass is 10.1. The molecule has 2 heterocycles.